The van der Waals surface area contributed by atoms with Gasteiger partial charge in [0.05, 0.1) is 22.9 Å². The highest BCUT2D eigenvalue weighted by atomic mass is 19.1. The zero-order valence-electron chi connectivity index (χ0n) is 31.8. The topological polar surface area (TPSA) is 70.3 Å². The van der Waals surface area contributed by atoms with Crippen LogP contribution in [-0.4, -0.2) is 79.9 Å². The molecule has 54 heavy (non-hydrogen) atoms. The number of aryl methyl sites for hydroxylation is 3. The molecule has 3 aliphatic rings. The van der Waals surface area contributed by atoms with Crippen molar-refractivity contribution in [1.29, 1.82) is 0 Å². The van der Waals surface area contributed by atoms with Crippen LogP contribution in [0.4, 0.5) is 20.4 Å². The van der Waals surface area contributed by atoms with E-state index in [4.69, 9.17) is 9.97 Å². The maximum absolute atomic E-state index is 13.7. The van der Waals surface area contributed by atoms with E-state index in [1.807, 2.05) is 24.9 Å². The number of likely N-dealkylation sites (tertiary alicyclic amines) is 1. The fourth-order valence-electron chi connectivity index (χ4n) is 8.60. The highest BCUT2D eigenvalue weighted by molar-refractivity contribution is 5.85. The first-order valence-corrected chi connectivity index (χ1v) is 19.4. The fourth-order valence-corrected chi connectivity index (χ4v) is 8.60. The second-order valence-corrected chi connectivity index (χ2v) is 15.6. The zero-order chi connectivity index (χ0) is 37.5. The van der Waals surface area contributed by atoms with Gasteiger partial charge < -0.3 is 24.6 Å². The third-order valence-corrected chi connectivity index (χ3v) is 11.7. The number of benzene rings is 2. The van der Waals surface area contributed by atoms with Crippen LogP contribution >= 0.6 is 0 Å². The first kappa shape index (κ1) is 36.0. The summed E-state index contributed by atoms with van der Waals surface area (Å²) in [4.78, 5) is 16.9. The molecule has 11 heteroatoms. The number of hydrogen-bond donors (Lipinski definition) is 1. The molecule has 0 unspecified atom stereocenters. The molecule has 5 aromatic rings. The van der Waals surface area contributed by atoms with Gasteiger partial charge in [0.1, 0.15) is 11.6 Å². The van der Waals surface area contributed by atoms with Gasteiger partial charge in [-0.1, -0.05) is 32.1 Å². The third kappa shape index (κ3) is 7.38. The van der Waals surface area contributed by atoms with Crippen LogP contribution < -0.4 is 10.2 Å². The summed E-state index contributed by atoms with van der Waals surface area (Å²) in [5, 5.41) is 8.17. The van der Waals surface area contributed by atoms with Crippen molar-refractivity contribution >= 4 is 34.1 Å². The molecule has 0 atom stereocenters. The molecule has 2 bridgehead atoms. The summed E-state index contributed by atoms with van der Waals surface area (Å²) in [7, 11) is 4.20. The van der Waals surface area contributed by atoms with Gasteiger partial charge in [0.2, 0.25) is 5.95 Å². The number of hydrogen-bond acceptors (Lipinski definition) is 7. The van der Waals surface area contributed by atoms with Gasteiger partial charge in [-0.3, -0.25) is 9.67 Å². The Morgan fingerprint density at radius 1 is 0.944 bits per heavy atom. The van der Waals surface area contributed by atoms with Gasteiger partial charge in [0, 0.05) is 111 Å². The molecule has 1 N–H and O–H groups in total. The van der Waals surface area contributed by atoms with E-state index in [1.165, 1.54) is 17.8 Å². The van der Waals surface area contributed by atoms with Gasteiger partial charge >= 0.3 is 0 Å². The summed E-state index contributed by atoms with van der Waals surface area (Å²) < 4.78 is 31.7. The van der Waals surface area contributed by atoms with Gasteiger partial charge in [-0.25, -0.2) is 13.8 Å². The van der Waals surface area contributed by atoms with Gasteiger partial charge in [0.25, 0.3) is 0 Å². The molecule has 0 amide bonds. The smallest absolute Gasteiger partial charge is 0.208 e. The third-order valence-electron chi connectivity index (χ3n) is 11.7. The molecule has 2 aromatic carbocycles. The van der Waals surface area contributed by atoms with Crippen molar-refractivity contribution in [2.75, 3.05) is 50.0 Å². The molecule has 2 saturated heterocycles. The minimum absolute atomic E-state index is 0.404. The van der Waals surface area contributed by atoms with E-state index in [0.717, 1.165) is 147 Å². The molecule has 3 aliphatic heterocycles. The maximum atomic E-state index is 13.7. The van der Waals surface area contributed by atoms with E-state index in [1.54, 1.807) is 0 Å². The molecule has 2 fully saturated rings. The summed E-state index contributed by atoms with van der Waals surface area (Å²) >= 11 is 0. The average Bonchev–Trinajstić information content (AvgIpc) is 3.67. The quantitative estimate of drug-likeness (QED) is 0.189. The molecule has 3 aromatic heterocycles. The molecule has 8 rings (SSSR count). The summed E-state index contributed by atoms with van der Waals surface area (Å²) in [5.41, 5.74) is 10.7. The molecule has 0 radical (unpaired) electrons. The van der Waals surface area contributed by atoms with Gasteiger partial charge in [-0.05, 0) is 81.0 Å². The van der Waals surface area contributed by atoms with Crippen molar-refractivity contribution in [2.24, 2.45) is 13.0 Å². The molecule has 0 aliphatic carbocycles. The normalized spacial score (nSPS) is 17.6. The SMILES string of the molecule is C=C1Nc2nc3ccc(C(=C)N(C)C4CCN(CC5CN(c6cc(F)cc(F)c6)C5)CC4)cc3n2CCCCCCc2c(cnn2C)-c2cc1cc(C)n2. The standard InChI is InChI=1S/C43H51F2N9/c1-28-18-33-19-40(47-28)38-24-46-51(5)41(38)10-8-6-7-9-15-54-42-20-32(11-12-39(42)49-43(54)48-29(33)2)30(3)50(4)36-13-16-52(17-14-36)25-31-26-53(27-31)37-22-34(44)21-35(45)23-37/h11-12,18-24,31,36H,2-3,6-10,13-17,25-27H2,1,4-5H3,(H,48,49). The monoisotopic (exact) mass is 731 g/mol. The number of halogens is 2. The molecular weight excluding hydrogens is 681 g/mol. The van der Waals surface area contributed by atoms with Crippen LogP contribution in [-0.2, 0) is 20.0 Å². The van der Waals surface area contributed by atoms with E-state index in [-0.39, 0.29) is 0 Å². The predicted octanol–water partition coefficient (Wildman–Crippen LogP) is 8.12. The number of fused-ring (bicyclic) bond motifs is 7. The number of piperidine rings is 1. The lowest BCUT2D eigenvalue weighted by Crippen LogP contribution is -2.53. The van der Waals surface area contributed by atoms with E-state index in [0.29, 0.717) is 17.6 Å². The Bertz CT molecular complexity index is 2170. The van der Waals surface area contributed by atoms with Crippen LogP contribution in [0.15, 0.2) is 67.9 Å². The Balaban J connectivity index is 0.942. The summed E-state index contributed by atoms with van der Waals surface area (Å²) in [6.45, 7) is 16.7. The van der Waals surface area contributed by atoms with Gasteiger partial charge in [-0.15, -0.1) is 0 Å². The van der Waals surface area contributed by atoms with E-state index < -0.39 is 11.6 Å². The van der Waals surface area contributed by atoms with Crippen molar-refractivity contribution in [2.45, 2.75) is 64.5 Å². The summed E-state index contributed by atoms with van der Waals surface area (Å²) in [6, 6.07) is 14.9. The number of pyridine rings is 1. The predicted molar refractivity (Wildman–Crippen MR) is 214 cm³/mol. The zero-order valence-corrected chi connectivity index (χ0v) is 31.8. The number of nitrogens with one attached hydrogen (secondary N) is 1. The second kappa shape index (κ2) is 15.0. The minimum Gasteiger partial charge on any atom is -0.372 e. The largest absolute Gasteiger partial charge is 0.372 e. The van der Waals surface area contributed by atoms with Crippen molar-refractivity contribution < 1.29 is 8.78 Å². The highest BCUT2D eigenvalue weighted by Crippen LogP contribution is 2.33. The number of aromatic nitrogens is 5. The minimum atomic E-state index is -0.521. The first-order valence-electron chi connectivity index (χ1n) is 19.4. The van der Waals surface area contributed by atoms with Crippen molar-refractivity contribution in [1.82, 2.24) is 34.1 Å². The van der Waals surface area contributed by atoms with Crippen molar-refractivity contribution in [3.05, 3.63) is 102 Å². The van der Waals surface area contributed by atoms with Crippen LogP contribution in [0, 0.1) is 24.5 Å². The first-order chi connectivity index (χ1) is 26.1. The summed E-state index contributed by atoms with van der Waals surface area (Å²) in [5.74, 6) is 0.263. The highest BCUT2D eigenvalue weighted by Gasteiger charge is 2.31. The van der Waals surface area contributed by atoms with Crippen LogP contribution in [0.3, 0.4) is 0 Å². The Labute approximate surface area is 317 Å². The molecule has 6 heterocycles. The van der Waals surface area contributed by atoms with Crippen LogP contribution in [0.1, 0.15) is 61.0 Å². The number of anilines is 2. The Hall–Kier alpha value is -5.03. The Morgan fingerprint density at radius 2 is 1.70 bits per heavy atom. The molecule has 0 spiro atoms. The van der Waals surface area contributed by atoms with Gasteiger partial charge in [-0.2, -0.15) is 5.10 Å². The van der Waals surface area contributed by atoms with Crippen LogP contribution in [0.2, 0.25) is 0 Å². The van der Waals surface area contributed by atoms with Crippen molar-refractivity contribution in [3.8, 4) is 11.3 Å². The molecule has 9 nitrogen and oxygen atoms in total. The van der Waals surface area contributed by atoms with Gasteiger partial charge in [0.15, 0.2) is 0 Å². The number of rotatable bonds is 6. The summed E-state index contributed by atoms with van der Waals surface area (Å²) in [6.07, 6.45) is 9.44. The van der Waals surface area contributed by atoms with Crippen LogP contribution in [0.5, 0.6) is 0 Å². The molecule has 282 valence electrons. The Kier molecular flexibility index (Phi) is 10.00. The second-order valence-electron chi connectivity index (χ2n) is 15.6. The lowest BCUT2D eigenvalue weighted by Gasteiger charge is -2.45. The molecule has 0 saturated carbocycles. The fraction of sp³-hybridized carbons (Fsp3) is 0.419. The number of nitrogens with zero attached hydrogens (tertiary/aromatic N) is 8. The van der Waals surface area contributed by atoms with E-state index >= 15 is 0 Å². The van der Waals surface area contributed by atoms with E-state index in [2.05, 4.69) is 80.2 Å². The average molecular weight is 732 g/mol. The lowest BCUT2D eigenvalue weighted by molar-refractivity contribution is 0.135. The lowest BCUT2D eigenvalue weighted by atomic mass is 9.95. The van der Waals surface area contributed by atoms with Crippen molar-refractivity contribution in [3.63, 3.8) is 0 Å². The number of imidazole rings is 1. The Morgan fingerprint density at radius 3 is 2.48 bits per heavy atom. The van der Waals surface area contributed by atoms with E-state index in [9.17, 15) is 8.78 Å². The molecular formula is C43H51F2N9. The maximum Gasteiger partial charge on any atom is 0.208 e. The van der Waals surface area contributed by atoms with Crippen LogP contribution in [0.25, 0.3) is 33.7 Å².